The fourth-order valence-electron chi connectivity index (χ4n) is 2.94. The molecule has 0 saturated carbocycles. The third-order valence-electron chi connectivity index (χ3n) is 4.29. The Labute approximate surface area is 172 Å². The van der Waals surface area contributed by atoms with Crippen molar-refractivity contribution in [1.29, 1.82) is 5.26 Å². The summed E-state index contributed by atoms with van der Waals surface area (Å²) in [6, 6.07) is 15.5. The van der Waals surface area contributed by atoms with Crippen LogP contribution in [0.4, 0.5) is 0 Å². The molecule has 28 heavy (non-hydrogen) atoms. The molecule has 0 fully saturated rings. The van der Waals surface area contributed by atoms with Crippen molar-refractivity contribution in [2.24, 2.45) is 0 Å². The molecule has 0 radical (unpaired) electrons. The van der Waals surface area contributed by atoms with E-state index in [4.69, 9.17) is 4.74 Å². The van der Waals surface area contributed by atoms with Crippen LogP contribution in [0.25, 0.3) is 17.0 Å². The van der Waals surface area contributed by atoms with Gasteiger partial charge in [-0.2, -0.15) is 5.26 Å². The van der Waals surface area contributed by atoms with Crippen LogP contribution in [0, 0.1) is 11.3 Å². The number of nitriles is 1. The Hall–Kier alpha value is -3.04. The molecule has 0 aliphatic rings. The number of amides is 1. The van der Waals surface area contributed by atoms with E-state index in [9.17, 15) is 10.1 Å². The van der Waals surface area contributed by atoms with Gasteiger partial charge in [0, 0.05) is 23.6 Å². The lowest BCUT2D eigenvalue weighted by atomic mass is 10.1. The Bertz CT molecular complexity index is 1060. The average Bonchev–Trinajstić information content (AvgIpc) is 3.11. The number of aromatic amines is 1. The van der Waals surface area contributed by atoms with Crippen LogP contribution in [0.2, 0.25) is 0 Å². The molecule has 6 heteroatoms. The molecule has 1 amide bonds. The molecule has 5 nitrogen and oxygen atoms in total. The molecule has 0 saturated heterocycles. The molecule has 3 rings (SSSR count). The predicted octanol–water partition coefficient (Wildman–Crippen LogP) is 4.59. The van der Waals surface area contributed by atoms with E-state index >= 15 is 0 Å². The van der Waals surface area contributed by atoms with Crippen LogP contribution < -0.4 is 10.1 Å². The van der Waals surface area contributed by atoms with Gasteiger partial charge in [0.05, 0.1) is 11.1 Å². The first-order valence-electron chi connectivity index (χ1n) is 8.99. The number of para-hydroxylation sites is 1. The molecule has 0 spiro atoms. The minimum Gasteiger partial charge on any atom is -0.493 e. The normalized spacial score (nSPS) is 11.2. The number of aromatic nitrogens is 1. The van der Waals surface area contributed by atoms with Gasteiger partial charge in [0.15, 0.2) is 0 Å². The zero-order valence-electron chi connectivity index (χ0n) is 15.5. The van der Waals surface area contributed by atoms with Crippen LogP contribution in [0.1, 0.15) is 18.1 Å². The number of H-pyrrole nitrogens is 1. The number of halogens is 1. The molecule has 0 aliphatic heterocycles. The molecule has 1 heterocycles. The lowest BCUT2D eigenvalue weighted by Crippen LogP contribution is -2.26. The van der Waals surface area contributed by atoms with E-state index in [2.05, 4.69) is 26.2 Å². The quantitative estimate of drug-likeness (QED) is 0.418. The van der Waals surface area contributed by atoms with E-state index in [1.807, 2.05) is 61.7 Å². The van der Waals surface area contributed by atoms with Crippen molar-refractivity contribution in [3.63, 3.8) is 0 Å². The van der Waals surface area contributed by atoms with E-state index < -0.39 is 0 Å². The van der Waals surface area contributed by atoms with Crippen molar-refractivity contribution in [1.82, 2.24) is 10.3 Å². The summed E-state index contributed by atoms with van der Waals surface area (Å²) in [5, 5.41) is 13.3. The van der Waals surface area contributed by atoms with Crippen LogP contribution in [0.3, 0.4) is 0 Å². The first-order chi connectivity index (χ1) is 13.6. The number of carbonyl (C=O) groups excluding carboxylic acids is 1. The van der Waals surface area contributed by atoms with E-state index in [1.165, 1.54) is 0 Å². The fraction of sp³-hybridized carbons (Fsp3) is 0.182. The van der Waals surface area contributed by atoms with Crippen molar-refractivity contribution in [3.8, 4) is 11.8 Å². The number of ether oxygens (including phenoxy) is 1. The second kappa shape index (κ2) is 9.25. The minimum absolute atomic E-state index is 0.0648. The van der Waals surface area contributed by atoms with Gasteiger partial charge in [-0.3, -0.25) is 4.79 Å². The monoisotopic (exact) mass is 437 g/mol. The third kappa shape index (κ3) is 4.62. The first-order valence-corrected chi connectivity index (χ1v) is 9.79. The molecule has 1 aromatic heterocycles. The van der Waals surface area contributed by atoms with Gasteiger partial charge in [-0.25, -0.2) is 0 Å². The molecular formula is C22H20BrN3O2. The molecule has 142 valence electrons. The number of rotatable bonds is 7. The molecule has 0 aliphatic carbocycles. The lowest BCUT2D eigenvalue weighted by molar-refractivity contribution is -0.117. The molecule has 0 unspecified atom stereocenters. The SMILES string of the molecule is CCOc1ccc(/C=C(/C#N)C(=O)NCCc2c[nH]c3ccccc23)cc1Br. The molecule has 0 bridgehead atoms. The van der Waals surface area contributed by atoms with Gasteiger partial charge in [-0.05, 0) is 64.7 Å². The van der Waals surface area contributed by atoms with Crippen LogP contribution in [-0.4, -0.2) is 24.0 Å². The number of fused-ring (bicyclic) bond motifs is 1. The highest BCUT2D eigenvalue weighted by Gasteiger charge is 2.10. The van der Waals surface area contributed by atoms with Crippen LogP contribution in [0.5, 0.6) is 5.75 Å². The maximum absolute atomic E-state index is 12.4. The summed E-state index contributed by atoms with van der Waals surface area (Å²) in [5.41, 5.74) is 3.02. The van der Waals surface area contributed by atoms with Crippen LogP contribution >= 0.6 is 15.9 Å². The summed E-state index contributed by atoms with van der Waals surface area (Å²) in [6.45, 7) is 2.93. The molecular weight excluding hydrogens is 418 g/mol. The Kier molecular flexibility index (Phi) is 6.51. The highest BCUT2D eigenvalue weighted by molar-refractivity contribution is 9.10. The molecule has 3 aromatic rings. The summed E-state index contributed by atoms with van der Waals surface area (Å²) in [4.78, 5) is 15.6. The van der Waals surface area contributed by atoms with E-state index in [-0.39, 0.29) is 11.5 Å². The van der Waals surface area contributed by atoms with Gasteiger partial charge in [0.25, 0.3) is 5.91 Å². The second-order valence-electron chi connectivity index (χ2n) is 6.16. The smallest absolute Gasteiger partial charge is 0.261 e. The summed E-state index contributed by atoms with van der Waals surface area (Å²) in [7, 11) is 0. The zero-order chi connectivity index (χ0) is 19.9. The van der Waals surface area contributed by atoms with Crippen LogP contribution in [0.15, 0.2) is 58.7 Å². The summed E-state index contributed by atoms with van der Waals surface area (Å²) in [5.74, 6) is 0.341. The lowest BCUT2D eigenvalue weighted by Gasteiger charge is -2.07. The number of benzene rings is 2. The Morgan fingerprint density at radius 2 is 2.14 bits per heavy atom. The number of nitrogens with zero attached hydrogens (tertiary/aromatic N) is 1. The second-order valence-corrected chi connectivity index (χ2v) is 7.01. The van der Waals surface area contributed by atoms with Gasteiger partial charge in [-0.1, -0.05) is 24.3 Å². The Balaban J connectivity index is 1.64. The summed E-state index contributed by atoms with van der Waals surface area (Å²) >= 11 is 3.44. The number of carbonyl (C=O) groups is 1. The van der Waals surface area contributed by atoms with Crippen molar-refractivity contribution in [3.05, 3.63) is 69.8 Å². The van der Waals surface area contributed by atoms with Crippen molar-refractivity contribution in [2.75, 3.05) is 13.2 Å². The number of hydrogen-bond donors (Lipinski definition) is 2. The first kappa shape index (κ1) is 19.7. The zero-order valence-corrected chi connectivity index (χ0v) is 17.0. The maximum Gasteiger partial charge on any atom is 0.261 e. The summed E-state index contributed by atoms with van der Waals surface area (Å²) in [6.07, 6.45) is 4.21. The predicted molar refractivity (Wildman–Crippen MR) is 114 cm³/mol. The largest absolute Gasteiger partial charge is 0.493 e. The van der Waals surface area contributed by atoms with Gasteiger partial charge < -0.3 is 15.0 Å². The average molecular weight is 438 g/mol. The van der Waals surface area contributed by atoms with Crippen molar-refractivity contribution in [2.45, 2.75) is 13.3 Å². The van der Waals surface area contributed by atoms with E-state index in [0.717, 1.165) is 32.3 Å². The highest BCUT2D eigenvalue weighted by atomic mass is 79.9. The minimum atomic E-state index is -0.382. The maximum atomic E-state index is 12.4. The Morgan fingerprint density at radius 3 is 2.89 bits per heavy atom. The van der Waals surface area contributed by atoms with E-state index in [0.29, 0.717) is 19.6 Å². The Morgan fingerprint density at radius 1 is 1.32 bits per heavy atom. The van der Waals surface area contributed by atoms with Crippen LogP contribution in [-0.2, 0) is 11.2 Å². The molecule has 2 aromatic carbocycles. The number of nitrogens with one attached hydrogen (secondary N) is 2. The topological polar surface area (TPSA) is 77.9 Å². The molecule has 2 N–H and O–H groups in total. The summed E-state index contributed by atoms with van der Waals surface area (Å²) < 4.78 is 6.25. The third-order valence-corrected chi connectivity index (χ3v) is 4.91. The molecule has 0 atom stereocenters. The van der Waals surface area contributed by atoms with Crippen molar-refractivity contribution >= 4 is 38.8 Å². The van der Waals surface area contributed by atoms with Gasteiger partial charge in [0.1, 0.15) is 17.4 Å². The standard InChI is InChI=1S/C22H20BrN3O2/c1-2-28-21-8-7-15(12-19(21)23)11-17(13-24)22(27)25-10-9-16-14-26-20-6-4-3-5-18(16)20/h3-8,11-12,14,26H,2,9-10H2,1H3,(H,25,27)/b17-11-. The highest BCUT2D eigenvalue weighted by Crippen LogP contribution is 2.27. The van der Waals surface area contributed by atoms with Gasteiger partial charge in [-0.15, -0.1) is 0 Å². The van der Waals surface area contributed by atoms with Gasteiger partial charge in [0.2, 0.25) is 0 Å². The van der Waals surface area contributed by atoms with Gasteiger partial charge >= 0.3 is 0 Å². The van der Waals surface area contributed by atoms with E-state index in [1.54, 1.807) is 6.08 Å². The van der Waals surface area contributed by atoms with Crippen molar-refractivity contribution < 1.29 is 9.53 Å². The number of hydrogen-bond acceptors (Lipinski definition) is 3. The fourth-order valence-corrected chi connectivity index (χ4v) is 3.45.